The largest absolute Gasteiger partial charge is 0.503 e. The van der Waals surface area contributed by atoms with E-state index in [0.29, 0.717) is 0 Å². The van der Waals surface area contributed by atoms with Crippen molar-refractivity contribution < 1.29 is 32.3 Å². The minimum atomic E-state index is -4.68. The summed E-state index contributed by atoms with van der Waals surface area (Å²) >= 11 is 1.06. The molecule has 0 fully saturated rings. The number of carbonyl (C=O) groups excluding carboxylic acids is 2. The van der Waals surface area contributed by atoms with Crippen molar-refractivity contribution >= 4 is 28.7 Å². The van der Waals surface area contributed by atoms with Crippen molar-refractivity contribution in [1.82, 2.24) is 0 Å². The third-order valence-corrected chi connectivity index (χ3v) is 5.72. The molecule has 158 valence electrons. The van der Waals surface area contributed by atoms with E-state index in [9.17, 15) is 32.3 Å². The Bertz CT molecular complexity index is 1200. The van der Waals surface area contributed by atoms with Crippen LogP contribution in [-0.4, -0.2) is 16.8 Å². The number of ketones is 1. The van der Waals surface area contributed by atoms with E-state index in [4.69, 9.17) is 0 Å². The first-order chi connectivity index (χ1) is 14.7. The van der Waals surface area contributed by atoms with Gasteiger partial charge in [-0.25, -0.2) is 4.39 Å². The number of anilines is 1. The van der Waals surface area contributed by atoms with Crippen molar-refractivity contribution in [2.75, 3.05) is 4.90 Å². The number of hydrogen-bond acceptors (Lipinski definition) is 4. The van der Waals surface area contributed by atoms with Crippen molar-refractivity contribution in [2.45, 2.75) is 12.2 Å². The average Bonchev–Trinajstić information content (AvgIpc) is 3.35. The van der Waals surface area contributed by atoms with E-state index < -0.39 is 46.6 Å². The first kappa shape index (κ1) is 20.8. The third kappa shape index (κ3) is 3.61. The molecule has 1 N–H and O–H groups in total. The van der Waals surface area contributed by atoms with Gasteiger partial charge in [0.2, 0.25) is 5.78 Å². The molecular weight excluding hydrogens is 434 g/mol. The topological polar surface area (TPSA) is 57.6 Å². The Hall–Kier alpha value is -3.46. The number of thiophene rings is 1. The first-order valence-electron chi connectivity index (χ1n) is 8.96. The zero-order valence-electron chi connectivity index (χ0n) is 15.6. The van der Waals surface area contributed by atoms with Gasteiger partial charge in [0, 0.05) is 11.3 Å². The minimum Gasteiger partial charge on any atom is -0.503 e. The molecular formula is C22H13F4NO3S. The Morgan fingerprint density at radius 2 is 1.77 bits per heavy atom. The minimum absolute atomic E-state index is 0.128. The second-order valence-electron chi connectivity index (χ2n) is 6.72. The van der Waals surface area contributed by atoms with Crippen LogP contribution in [0.5, 0.6) is 0 Å². The number of aliphatic hydroxyl groups excluding tert-OH is 1. The lowest BCUT2D eigenvalue weighted by molar-refractivity contribution is -0.137. The summed E-state index contributed by atoms with van der Waals surface area (Å²) in [5, 5.41) is 12.2. The van der Waals surface area contributed by atoms with Crippen LogP contribution < -0.4 is 4.90 Å². The summed E-state index contributed by atoms with van der Waals surface area (Å²) in [7, 11) is 0. The Morgan fingerprint density at radius 3 is 2.42 bits per heavy atom. The summed E-state index contributed by atoms with van der Waals surface area (Å²) in [4.78, 5) is 27.0. The van der Waals surface area contributed by atoms with Gasteiger partial charge in [0.25, 0.3) is 5.91 Å². The van der Waals surface area contributed by atoms with Crippen LogP contribution in [0, 0.1) is 5.82 Å². The molecule has 9 heteroatoms. The molecule has 1 amide bonds. The molecule has 1 aromatic heterocycles. The summed E-state index contributed by atoms with van der Waals surface area (Å²) in [6, 6.07) is 10.8. The van der Waals surface area contributed by atoms with Crippen molar-refractivity contribution in [3.8, 4) is 0 Å². The molecule has 0 spiro atoms. The van der Waals surface area contributed by atoms with Gasteiger partial charge >= 0.3 is 6.18 Å². The molecule has 2 aromatic carbocycles. The fourth-order valence-electron chi connectivity index (χ4n) is 3.47. The van der Waals surface area contributed by atoms with Crippen LogP contribution in [0.15, 0.2) is 77.4 Å². The maximum Gasteiger partial charge on any atom is 0.416 e. The van der Waals surface area contributed by atoms with E-state index in [2.05, 4.69) is 0 Å². The molecule has 1 aliphatic rings. The fraction of sp³-hybridized carbons (Fsp3) is 0.0909. The molecule has 0 bridgehead atoms. The second-order valence-corrected chi connectivity index (χ2v) is 7.66. The molecule has 4 rings (SSSR count). The van der Waals surface area contributed by atoms with E-state index in [0.717, 1.165) is 40.5 Å². The SMILES string of the molecule is O=C(C1=C(O)C(=O)N(c2cccc(C(F)(F)F)c2)C1c1ccccc1F)c1cccs1. The molecule has 4 nitrogen and oxygen atoms in total. The predicted molar refractivity (Wildman–Crippen MR) is 106 cm³/mol. The lowest BCUT2D eigenvalue weighted by Crippen LogP contribution is -2.31. The highest BCUT2D eigenvalue weighted by Crippen LogP contribution is 2.44. The molecule has 31 heavy (non-hydrogen) atoms. The molecule has 0 saturated carbocycles. The monoisotopic (exact) mass is 447 g/mol. The number of carbonyl (C=O) groups is 2. The van der Waals surface area contributed by atoms with Gasteiger partial charge in [-0.15, -0.1) is 11.3 Å². The van der Waals surface area contributed by atoms with E-state index >= 15 is 0 Å². The van der Waals surface area contributed by atoms with Crippen molar-refractivity contribution in [2.24, 2.45) is 0 Å². The van der Waals surface area contributed by atoms with Crippen LogP contribution in [0.25, 0.3) is 0 Å². The van der Waals surface area contributed by atoms with Gasteiger partial charge in [-0.2, -0.15) is 13.2 Å². The Labute approximate surface area is 177 Å². The van der Waals surface area contributed by atoms with Gasteiger partial charge in [-0.1, -0.05) is 30.3 Å². The van der Waals surface area contributed by atoms with E-state index in [-0.39, 0.29) is 16.1 Å². The number of nitrogens with zero attached hydrogens (tertiary/aromatic N) is 1. The molecule has 0 radical (unpaired) electrons. The van der Waals surface area contributed by atoms with Crippen molar-refractivity contribution in [3.63, 3.8) is 0 Å². The van der Waals surface area contributed by atoms with E-state index in [1.165, 1.54) is 30.3 Å². The molecule has 1 atom stereocenters. The standard InChI is InChI=1S/C22H13F4NO3S/c23-15-8-2-1-7-14(15)18-17(19(28)16-9-4-10-31-16)20(29)21(30)27(18)13-6-3-5-12(11-13)22(24,25)26/h1-11,18,29H. The van der Waals surface area contributed by atoms with Crippen LogP contribution in [-0.2, 0) is 11.0 Å². The molecule has 1 unspecified atom stereocenters. The summed E-state index contributed by atoms with van der Waals surface area (Å²) < 4.78 is 54.4. The van der Waals surface area contributed by atoms with Crippen LogP contribution in [0.4, 0.5) is 23.2 Å². The Balaban J connectivity index is 1.91. The highest BCUT2D eigenvalue weighted by atomic mass is 32.1. The fourth-order valence-corrected chi connectivity index (χ4v) is 4.15. The predicted octanol–water partition coefficient (Wildman–Crippen LogP) is 5.69. The van der Waals surface area contributed by atoms with E-state index in [1.54, 1.807) is 11.4 Å². The number of aliphatic hydroxyl groups is 1. The second kappa shape index (κ2) is 7.66. The highest BCUT2D eigenvalue weighted by molar-refractivity contribution is 7.12. The lowest BCUT2D eigenvalue weighted by Gasteiger charge is -2.27. The number of hydrogen-bond donors (Lipinski definition) is 1. The maximum absolute atomic E-state index is 14.7. The normalized spacial score (nSPS) is 16.8. The lowest BCUT2D eigenvalue weighted by atomic mass is 9.94. The number of Topliss-reactive ketones (excluding diaryl/α,β-unsaturated/α-hetero) is 1. The highest BCUT2D eigenvalue weighted by Gasteiger charge is 2.46. The number of benzene rings is 2. The first-order valence-corrected chi connectivity index (χ1v) is 9.84. The average molecular weight is 447 g/mol. The van der Waals surface area contributed by atoms with Crippen LogP contribution >= 0.6 is 11.3 Å². The van der Waals surface area contributed by atoms with Crippen LogP contribution in [0.2, 0.25) is 0 Å². The number of rotatable bonds is 4. The van der Waals surface area contributed by atoms with E-state index in [1.807, 2.05) is 0 Å². The zero-order valence-corrected chi connectivity index (χ0v) is 16.4. The molecule has 0 aliphatic carbocycles. The summed E-state index contributed by atoms with van der Waals surface area (Å²) in [5.41, 5.74) is -1.77. The van der Waals surface area contributed by atoms with Gasteiger partial charge < -0.3 is 5.11 Å². The molecule has 3 aromatic rings. The van der Waals surface area contributed by atoms with Crippen LogP contribution in [0.3, 0.4) is 0 Å². The zero-order chi connectivity index (χ0) is 22.3. The number of amides is 1. The van der Waals surface area contributed by atoms with Crippen LogP contribution in [0.1, 0.15) is 26.8 Å². The summed E-state index contributed by atoms with van der Waals surface area (Å²) in [6.45, 7) is 0. The maximum atomic E-state index is 14.7. The quantitative estimate of drug-likeness (QED) is 0.413. The van der Waals surface area contributed by atoms with Crippen molar-refractivity contribution in [1.29, 1.82) is 0 Å². The smallest absolute Gasteiger partial charge is 0.416 e. The molecule has 2 heterocycles. The third-order valence-electron chi connectivity index (χ3n) is 4.85. The van der Waals surface area contributed by atoms with Crippen molar-refractivity contribution in [3.05, 3.63) is 99.2 Å². The van der Waals surface area contributed by atoms with Gasteiger partial charge in [0.05, 0.1) is 22.1 Å². The summed E-state index contributed by atoms with van der Waals surface area (Å²) in [6.07, 6.45) is -4.68. The molecule has 0 saturated heterocycles. The van der Waals surface area contributed by atoms with Gasteiger partial charge in [-0.3, -0.25) is 14.5 Å². The Morgan fingerprint density at radius 1 is 1.03 bits per heavy atom. The van der Waals surface area contributed by atoms with Gasteiger partial charge in [0.15, 0.2) is 5.76 Å². The van der Waals surface area contributed by atoms with Gasteiger partial charge in [0.1, 0.15) is 5.82 Å². The van der Waals surface area contributed by atoms with Gasteiger partial charge in [-0.05, 0) is 35.7 Å². The molecule has 1 aliphatic heterocycles. The summed E-state index contributed by atoms with van der Waals surface area (Å²) in [5.74, 6) is -3.50. The Kier molecular flexibility index (Phi) is 5.14. The number of alkyl halides is 3. The number of halogens is 4.